The lowest BCUT2D eigenvalue weighted by Crippen LogP contribution is -2.40. The van der Waals surface area contributed by atoms with Gasteiger partial charge in [0, 0.05) is 5.56 Å². The summed E-state index contributed by atoms with van der Waals surface area (Å²) in [5.74, 6) is -1.30. The van der Waals surface area contributed by atoms with Crippen molar-refractivity contribution in [2.45, 2.75) is 25.7 Å². The van der Waals surface area contributed by atoms with Crippen molar-refractivity contribution in [3.63, 3.8) is 0 Å². The highest BCUT2D eigenvalue weighted by Crippen LogP contribution is 2.28. The number of carbonyl (C=O) groups excluding carboxylic acids is 1. The van der Waals surface area contributed by atoms with Crippen LogP contribution in [0.5, 0.6) is 0 Å². The van der Waals surface area contributed by atoms with Crippen LogP contribution in [0, 0.1) is 26.6 Å². The number of rotatable bonds is 7. The summed E-state index contributed by atoms with van der Waals surface area (Å²) in [6.45, 7) is 4.98. The molecule has 3 aromatic rings. The second kappa shape index (κ2) is 10.1. The zero-order valence-electron chi connectivity index (χ0n) is 18.3. The third-order valence-corrected chi connectivity index (χ3v) is 7.23. The molecule has 0 heterocycles. The summed E-state index contributed by atoms with van der Waals surface area (Å²) >= 11 is 5.95. The van der Waals surface area contributed by atoms with E-state index >= 15 is 0 Å². The molecule has 172 valence electrons. The van der Waals surface area contributed by atoms with Gasteiger partial charge in [-0.1, -0.05) is 47.5 Å². The third kappa shape index (κ3) is 5.58. The van der Waals surface area contributed by atoms with E-state index in [-0.39, 0.29) is 15.5 Å². The summed E-state index contributed by atoms with van der Waals surface area (Å²) < 4.78 is 41.9. The average molecular weight is 488 g/mol. The Balaban J connectivity index is 1.91. The number of amides is 1. The molecule has 3 aromatic carbocycles. The lowest BCUT2D eigenvalue weighted by molar-refractivity contribution is -0.119. The number of hydrogen-bond acceptors (Lipinski definition) is 4. The molecule has 0 spiro atoms. The number of carbonyl (C=O) groups is 1. The standard InChI is InChI=1S/C24H23ClFN3O3S/c1-16-10-12-19(13-11-16)33(31,32)29(23-9-4-6-17(2)18(23)3)15-24(30)28-27-14-20-21(25)7-5-8-22(20)26/h4-14H,15H2,1-3H3,(H,28,30)/b27-14-. The minimum absolute atomic E-state index is 0.0122. The van der Waals surface area contributed by atoms with Gasteiger partial charge in [0.05, 0.1) is 21.8 Å². The van der Waals surface area contributed by atoms with Gasteiger partial charge in [-0.3, -0.25) is 9.10 Å². The maximum Gasteiger partial charge on any atom is 0.264 e. The van der Waals surface area contributed by atoms with Gasteiger partial charge in [-0.2, -0.15) is 5.10 Å². The van der Waals surface area contributed by atoms with Crippen LogP contribution < -0.4 is 9.73 Å². The number of hydrazone groups is 1. The molecule has 0 aliphatic heterocycles. The van der Waals surface area contributed by atoms with E-state index in [1.54, 1.807) is 31.2 Å². The summed E-state index contributed by atoms with van der Waals surface area (Å²) in [7, 11) is -4.06. The van der Waals surface area contributed by atoms with Crippen molar-refractivity contribution in [3.05, 3.63) is 93.8 Å². The van der Waals surface area contributed by atoms with Gasteiger partial charge in [-0.05, 0) is 62.2 Å². The minimum Gasteiger partial charge on any atom is -0.271 e. The molecule has 0 saturated heterocycles. The minimum atomic E-state index is -4.06. The fraction of sp³-hybridized carbons (Fsp3) is 0.167. The van der Waals surface area contributed by atoms with Crippen molar-refractivity contribution in [2.75, 3.05) is 10.8 Å². The number of halogens is 2. The maximum atomic E-state index is 13.9. The van der Waals surface area contributed by atoms with Crippen LogP contribution >= 0.6 is 11.6 Å². The summed E-state index contributed by atoms with van der Waals surface area (Å²) in [6.07, 6.45) is 1.08. The Labute approximate surface area is 197 Å². The molecule has 0 aliphatic carbocycles. The summed E-state index contributed by atoms with van der Waals surface area (Å²) in [5.41, 5.74) is 5.16. The van der Waals surface area contributed by atoms with E-state index in [0.717, 1.165) is 27.2 Å². The molecule has 1 amide bonds. The van der Waals surface area contributed by atoms with E-state index in [0.29, 0.717) is 5.69 Å². The number of anilines is 1. The second-order valence-corrected chi connectivity index (χ2v) is 9.74. The van der Waals surface area contributed by atoms with E-state index in [2.05, 4.69) is 10.5 Å². The highest BCUT2D eigenvalue weighted by atomic mass is 35.5. The van der Waals surface area contributed by atoms with Crippen molar-refractivity contribution >= 4 is 39.4 Å². The molecule has 0 saturated carbocycles. The lowest BCUT2D eigenvalue weighted by Gasteiger charge is -2.26. The van der Waals surface area contributed by atoms with Crippen LogP contribution in [0.4, 0.5) is 10.1 Å². The fourth-order valence-corrected chi connectivity index (χ4v) is 4.80. The van der Waals surface area contributed by atoms with Gasteiger partial charge < -0.3 is 0 Å². The van der Waals surface area contributed by atoms with E-state index in [9.17, 15) is 17.6 Å². The lowest BCUT2D eigenvalue weighted by atomic mass is 10.1. The first-order chi connectivity index (χ1) is 15.6. The smallest absolute Gasteiger partial charge is 0.264 e. The van der Waals surface area contributed by atoms with Gasteiger partial charge in [-0.25, -0.2) is 18.2 Å². The van der Waals surface area contributed by atoms with Crippen LogP contribution in [-0.4, -0.2) is 27.1 Å². The average Bonchev–Trinajstić information content (AvgIpc) is 2.76. The Hall–Kier alpha value is -3.23. The Bertz CT molecular complexity index is 1290. The number of nitrogens with one attached hydrogen (secondary N) is 1. The molecular formula is C24H23ClFN3O3S. The van der Waals surface area contributed by atoms with E-state index in [1.807, 2.05) is 19.9 Å². The van der Waals surface area contributed by atoms with Crippen molar-refractivity contribution in [3.8, 4) is 0 Å². The van der Waals surface area contributed by atoms with Crippen LogP contribution in [0.1, 0.15) is 22.3 Å². The van der Waals surface area contributed by atoms with Crippen molar-refractivity contribution in [2.24, 2.45) is 5.10 Å². The van der Waals surface area contributed by atoms with Gasteiger partial charge in [0.15, 0.2) is 0 Å². The van der Waals surface area contributed by atoms with Crippen LogP contribution in [0.25, 0.3) is 0 Å². The number of benzene rings is 3. The van der Waals surface area contributed by atoms with Gasteiger partial charge >= 0.3 is 0 Å². The van der Waals surface area contributed by atoms with Crippen LogP contribution in [0.3, 0.4) is 0 Å². The molecule has 0 aliphatic rings. The van der Waals surface area contributed by atoms with E-state index < -0.39 is 28.3 Å². The van der Waals surface area contributed by atoms with E-state index in [4.69, 9.17) is 11.6 Å². The van der Waals surface area contributed by atoms with Gasteiger partial charge in [0.2, 0.25) is 0 Å². The van der Waals surface area contributed by atoms with Gasteiger partial charge in [-0.15, -0.1) is 0 Å². The SMILES string of the molecule is Cc1ccc(S(=O)(=O)N(CC(=O)N/N=C\c2c(F)cccc2Cl)c2cccc(C)c2C)cc1. The molecule has 6 nitrogen and oxygen atoms in total. The van der Waals surface area contributed by atoms with Crippen molar-refractivity contribution in [1.29, 1.82) is 0 Å². The molecule has 0 radical (unpaired) electrons. The molecule has 9 heteroatoms. The molecule has 1 N–H and O–H groups in total. The Morgan fingerprint density at radius 3 is 2.39 bits per heavy atom. The third-order valence-electron chi connectivity index (χ3n) is 5.12. The Morgan fingerprint density at radius 2 is 1.73 bits per heavy atom. The van der Waals surface area contributed by atoms with Crippen molar-refractivity contribution < 1.29 is 17.6 Å². The monoisotopic (exact) mass is 487 g/mol. The van der Waals surface area contributed by atoms with Crippen LogP contribution in [-0.2, 0) is 14.8 Å². The summed E-state index contributed by atoms with van der Waals surface area (Å²) in [6, 6.07) is 15.8. The Kier molecular flexibility index (Phi) is 7.50. The number of hydrogen-bond donors (Lipinski definition) is 1. The molecule has 0 atom stereocenters. The Morgan fingerprint density at radius 1 is 1.06 bits per heavy atom. The highest BCUT2D eigenvalue weighted by Gasteiger charge is 2.28. The summed E-state index contributed by atoms with van der Waals surface area (Å²) in [4.78, 5) is 12.7. The molecule has 0 fully saturated rings. The molecule has 0 aromatic heterocycles. The first kappa shape index (κ1) is 24.4. The van der Waals surface area contributed by atoms with Gasteiger partial charge in [0.1, 0.15) is 12.4 Å². The zero-order chi connectivity index (χ0) is 24.2. The molecule has 3 rings (SSSR count). The van der Waals surface area contributed by atoms with Crippen LogP contribution in [0.2, 0.25) is 5.02 Å². The van der Waals surface area contributed by atoms with E-state index in [1.165, 1.54) is 30.3 Å². The molecule has 33 heavy (non-hydrogen) atoms. The normalized spacial score (nSPS) is 11.5. The first-order valence-electron chi connectivity index (χ1n) is 10.0. The topological polar surface area (TPSA) is 78.8 Å². The largest absolute Gasteiger partial charge is 0.271 e. The highest BCUT2D eigenvalue weighted by molar-refractivity contribution is 7.92. The molecule has 0 unspecified atom stereocenters. The number of aryl methyl sites for hydroxylation is 2. The number of nitrogens with zero attached hydrogens (tertiary/aromatic N) is 2. The first-order valence-corrected chi connectivity index (χ1v) is 11.8. The van der Waals surface area contributed by atoms with Crippen LogP contribution in [0.15, 0.2) is 70.7 Å². The summed E-state index contributed by atoms with van der Waals surface area (Å²) in [5, 5.41) is 3.88. The second-order valence-electron chi connectivity index (χ2n) is 7.47. The molecule has 0 bridgehead atoms. The fourth-order valence-electron chi connectivity index (χ4n) is 3.11. The quantitative estimate of drug-likeness (QED) is 0.386. The van der Waals surface area contributed by atoms with Crippen molar-refractivity contribution in [1.82, 2.24) is 5.43 Å². The number of sulfonamides is 1. The maximum absolute atomic E-state index is 13.9. The zero-order valence-corrected chi connectivity index (χ0v) is 19.9. The van der Waals surface area contributed by atoms with Gasteiger partial charge in [0.25, 0.3) is 15.9 Å². The predicted molar refractivity (Wildman–Crippen MR) is 129 cm³/mol. The molecular weight excluding hydrogens is 465 g/mol. The predicted octanol–water partition coefficient (Wildman–Crippen LogP) is 4.75.